The standard InChI is InChI=1S/C16H20F3NO3/c1-3-20(14(21)7-8-15(22)23)11(2)9-12-5-4-6-13(10-12)16(17,18)19/h4-6,10-11H,3,7-9H2,1-2H3,(H,22,23). The smallest absolute Gasteiger partial charge is 0.416 e. The molecule has 0 saturated heterocycles. The van der Waals surface area contributed by atoms with Gasteiger partial charge in [0.2, 0.25) is 5.91 Å². The van der Waals surface area contributed by atoms with E-state index in [1.54, 1.807) is 19.9 Å². The van der Waals surface area contributed by atoms with Crippen molar-refractivity contribution in [2.75, 3.05) is 6.54 Å². The number of nitrogens with zero attached hydrogens (tertiary/aromatic N) is 1. The Hall–Kier alpha value is -2.05. The Kier molecular flexibility index (Phi) is 6.60. The molecule has 0 fully saturated rings. The summed E-state index contributed by atoms with van der Waals surface area (Å²) in [5.41, 5.74) is -0.237. The zero-order valence-corrected chi connectivity index (χ0v) is 13.1. The van der Waals surface area contributed by atoms with Crippen LogP contribution in [-0.4, -0.2) is 34.5 Å². The molecule has 0 saturated carbocycles. The van der Waals surface area contributed by atoms with Gasteiger partial charge in [-0.25, -0.2) is 0 Å². The van der Waals surface area contributed by atoms with Crippen molar-refractivity contribution in [2.45, 2.75) is 45.3 Å². The normalized spacial score (nSPS) is 12.7. The quantitative estimate of drug-likeness (QED) is 0.833. The minimum Gasteiger partial charge on any atom is -0.481 e. The number of likely N-dealkylation sites (N-methyl/N-ethyl adjacent to an activating group) is 1. The Morgan fingerprint density at radius 2 is 1.91 bits per heavy atom. The van der Waals surface area contributed by atoms with Gasteiger partial charge in [0.25, 0.3) is 0 Å². The van der Waals surface area contributed by atoms with E-state index in [4.69, 9.17) is 5.11 Å². The number of halogens is 3. The van der Waals surface area contributed by atoms with Crippen molar-refractivity contribution in [3.8, 4) is 0 Å². The first-order valence-corrected chi connectivity index (χ1v) is 7.32. The lowest BCUT2D eigenvalue weighted by molar-refractivity contribution is -0.141. The second-order valence-corrected chi connectivity index (χ2v) is 5.32. The Morgan fingerprint density at radius 1 is 1.26 bits per heavy atom. The van der Waals surface area contributed by atoms with Crippen molar-refractivity contribution < 1.29 is 27.9 Å². The van der Waals surface area contributed by atoms with Gasteiger partial charge in [-0.3, -0.25) is 9.59 Å². The molecule has 0 aromatic heterocycles. The van der Waals surface area contributed by atoms with Gasteiger partial charge in [0.05, 0.1) is 12.0 Å². The molecule has 0 bridgehead atoms. The summed E-state index contributed by atoms with van der Waals surface area (Å²) in [5.74, 6) is -1.37. The highest BCUT2D eigenvalue weighted by molar-refractivity contribution is 5.80. The molecule has 1 aromatic rings. The number of aliphatic carboxylic acids is 1. The van der Waals surface area contributed by atoms with E-state index >= 15 is 0 Å². The fraction of sp³-hybridized carbons (Fsp3) is 0.500. The third kappa shape index (κ3) is 5.92. The van der Waals surface area contributed by atoms with Crippen molar-refractivity contribution in [3.63, 3.8) is 0 Å². The Bertz CT molecular complexity index is 558. The van der Waals surface area contributed by atoms with Crippen LogP contribution in [0.25, 0.3) is 0 Å². The highest BCUT2D eigenvalue weighted by Crippen LogP contribution is 2.29. The number of carbonyl (C=O) groups excluding carboxylic acids is 1. The van der Waals surface area contributed by atoms with Crippen LogP contribution in [0.1, 0.15) is 37.8 Å². The van der Waals surface area contributed by atoms with Crippen LogP contribution in [0, 0.1) is 0 Å². The van der Waals surface area contributed by atoms with Crippen molar-refractivity contribution in [2.24, 2.45) is 0 Å². The predicted octanol–water partition coefficient (Wildman–Crippen LogP) is 3.35. The van der Waals surface area contributed by atoms with Gasteiger partial charge >= 0.3 is 12.1 Å². The molecule has 0 radical (unpaired) electrons. The molecule has 4 nitrogen and oxygen atoms in total. The third-order valence-electron chi connectivity index (χ3n) is 3.53. The van der Waals surface area contributed by atoms with E-state index in [1.165, 1.54) is 11.0 Å². The largest absolute Gasteiger partial charge is 0.481 e. The Labute approximate surface area is 132 Å². The van der Waals surface area contributed by atoms with Crippen LogP contribution in [0.4, 0.5) is 13.2 Å². The molecule has 1 amide bonds. The van der Waals surface area contributed by atoms with Crippen molar-refractivity contribution in [3.05, 3.63) is 35.4 Å². The minimum atomic E-state index is -4.40. The summed E-state index contributed by atoms with van der Waals surface area (Å²) >= 11 is 0. The summed E-state index contributed by atoms with van der Waals surface area (Å²) in [6.07, 6.45) is -4.50. The number of rotatable bonds is 7. The average molecular weight is 331 g/mol. The van der Waals surface area contributed by atoms with Crippen molar-refractivity contribution >= 4 is 11.9 Å². The lowest BCUT2D eigenvalue weighted by Gasteiger charge is -2.28. The minimum absolute atomic E-state index is 0.115. The van der Waals surface area contributed by atoms with Crippen LogP contribution >= 0.6 is 0 Å². The maximum Gasteiger partial charge on any atom is 0.416 e. The summed E-state index contributed by atoms with van der Waals surface area (Å²) in [6.45, 7) is 3.86. The molecule has 1 aromatic carbocycles. The first kappa shape index (κ1) is 19.0. The van der Waals surface area contributed by atoms with E-state index in [9.17, 15) is 22.8 Å². The maximum atomic E-state index is 12.7. The van der Waals surface area contributed by atoms with Gasteiger partial charge in [0.15, 0.2) is 0 Å². The monoisotopic (exact) mass is 331 g/mol. The van der Waals surface area contributed by atoms with Crippen LogP contribution in [0.3, 0.4) is 0 Å². The van der Waals surface area contributed by atoms with E-state index in [0.29, 0.717) is 12.1 Å². The zero-order chi connectivity index (χ0) is 17.6. The average Bonchev–Trinajstić information content (AvgIpc) is 2.45. The van der Waals surface area contributed by atoms with E-state index in [0.717, 1.165) is 12.1 Å². The molecule has 0 aliphatic heterocycles. The fourth-order valence-electron chi connectivity index (χ4n) is 2.42. The van der Waals surface area contributed by atoms with Gasteiger partial charge in [-0.05, 0) is 31.9 Å². The summed E-state index contributed by atoms with van der Waals surface area (Å²) in [4.78, 5) is 24.0. The second-order valence-electron chi connectivity index (χ2n) is 5.32. The number of carboxylic acids is 1. The van der Waals surface area contributed by atoms with Crippen molar-refractivity contribution in [1.29, 1.82) is 0 Å². The molecule has 0 aliphatic carbocycles. The molecule has 1 rings (SSSR count). The molecule has 1 unspecified atom stereocenters. The number of amides is 1. The molecular formula is C16H20F3NO3. The summed E-state index contributed by atoms with van der Waals surface area (Å²) < 4.78 is 38.1. The van der Waals surface area contributed by atoms with Crippen molar-refractivity contribution in [1.82, 2.24) is 4.90 Å². The third-order valence-corrected chi connectivity index (χ3v) is 3.53. The molecule has 0 spiro atoms. The van der Waals surface area contributed by atoms with Gasteiger partial charge < -0.3 is 10.0 Å². The molecule has 0 heterocycles. The first-order valence-electron chi connectivity index (χ1n) is 7.32. The zero-order valence-electron chi connectivity index (χ0n) is 13.1. The highest BCUT2D eigenvalue weighted by Gasteiger charge is 2.30. The van der Waals surface area contributed by atoms with Crippen LogP contribution in [0.5, 0.6) is 0 Å². The molecule has 1 N–H and O–H groups in total. The molecule has 1 atom stereocenters. The summed E-state index contributed by atoms with van der Waals surface area (Å²) in [6, 6.07) is 4.69. The Morgan fingerprint density at radius 3 is 2.43 bits per heavy atom. The van der Waals surface area contributed by atoms with Crippen LogP contribution in [0.2, 0.25) is 0 Å². The topological polar surface area (TPSA) is 57.6 Å². The molecular weight excluding hydrogens is 311 g/mol. The molecule has 128 valence electrons. The van der Waals surface area contributed by atoms with Gasteiger partial charge in [-0.1, -0.05) is 18.2 Å². The molecule has 23 heavy (non-hydrogen) atoms. The highest BCUT2D eigenvalue weighted by atomic mass is 19.4. The number of hydrogen-bond acceptors (Lipinski definition) is 2. The van der Waals surface area contributed by atoms with Gasteiger partial charge in [-0.15, -0.1) is 0 Å². The number of carboxylic acid groups (broad SMARTS) is 1. The fourth-order valence-corrected chi connectivity index (χ4v) is 2.42. The lowest BCUT2D eigenvalue weighted by atomic mass is 10.0. The van der Waals surface area contributed by atoms with E-state index < -0.39 is 17.7 Å². The Balaban J connectivity index is 2.78. The first-order chi connectivity index (χ1) is 10.6. The number of hydrogen-bond donors (Lipinski definition) is 1. The van der Waals surface area contributed by atoms with Gasteiger partial charge in [0.1, 0.15) is 0 Å². The number of benzene rings is 1. The van der Waals surface area contributed by atoms with E-state index in [1.807, 2.05) is 0 Å². The predicted molar refractivity (Wildman–Crippen MR) is 78.9 cm³/mol. The van der Waals surface area contributed by atoms with Crippen LogP contribution in [0.15, 0.2) is 24.3 Å². The molecule has 0 aliphatic rings. The maximum absolute atomic E-state index is 12.7. The number of alkyl halides is 3. The van der Waals surface area contributed by atoms with Crippen LogP contribution in [-0.2, 0) is 22.2 Å². The SMILES string of the molecule is CCN(C(=O)CCC(=O)O)C(C)Cc1cccc(C(F)(F)F)c1. The van der Waals surface area contributed by atoms with Gasteiger partial charge in [0, 0.05) is 19.0 Å². The summed E-state index contributed by atoms with van der Waals surface area (Å²) in [7, 11) is 0. The lowest BCUT2D eigenvalue weighted by Crippen LogP contribution is -2.39. The van der Waals surface area contributed by atoms with E-state index in [-0.39, 0.29) is 31.2 Å². The second kappa shape index (κ2) is 7.99. The van der Waals surface area contributed by atoms with E-state index in [2.05, 4.69) is 0 Å². The molecule has 7 heteroatoms. The summed E-state index contributed by atoms with van der Waals surface area (Å²) in [5, 5.41) is 8.62. The van der Waals surface area contributed by atoms with Gasteiger partial charge in [-0.2, -0.15) is 13.2 Å². The number of carbonyl (C=O) groups is 2. The van der Waals surface area contributed by atoms with Crippen LogP contribution < -0.4 is 0 Å².